The second-order valence-corrected chi connectivity index (χ2v) is 4.05. The first-order chi connectivity index (χ1) is 8.83. The Labute approximate surface area is 105 Å². The summed E-state index contributed by atoms with van der Waals surface area (Å²) in [6.45, 7) is 0. The zero-order valence-electron chi connectivity index (χ0n) is 9.69. The minimum absolute atomic E-state index is 0.198. The predicted molar refractivity (Wildman–Crippen MR) is 73.0 cm³/mol. The molecule has 1 heterocycles. The maximum absolute atomic E-state index is 10.00. The van der Waals surface area contributed by atoms with Gasteiger partial charge in [0.15, 0.2) is 0 Å². The van der Waals surface area contributed by atoms with Gasteiger partial charge < -0.3 is 5.11 Å². The summed E-state index contributed by atoms with van der Waals surface area (Å²) in [5.74, 6) is 0.198. The Morgan fingerprint density at radius 1 is 1.00 bits per heavy atom. The Morgan fingerprint density at radius 3 is 2.50 bits per heavy atom. The molecule has 0 spiro atoms. The fourth-order valence-electron chi connectivity index (χ4n) is 1.86. The van der Waals surface area contributed by atoms with Gasteiger partial charge in [-0.05, 0) is 6.07 Å². The van der Waals surface area contributed by atoms with Crippen LogP contribution in [0.2, 0.25) is 0 Å². The van der Waals surface area contributed by atoms with Gasteiger partial charge in [0.2, 0.25) is 0 Å². The van der Waals surface area contributed by atoms with Crippen molar-refractivity contribution in [2.45, 2.75) is 0 Å². The topological polar surface area (TPSA) is 38.0 Å². The van der Waals surface area contributed by atoms with Crippen LogP contribution in [-0.4, -0.2) is 14.9 Å². The van der Waals surface area contributed by atoms with Crippen LogP contribution in [-0.2, 0) is 0 Å². The largest absolute Gasteiger partial charge is 0.506 e. The summed E-state index contributed by atoms with van der Waals surface area (Å²) in [6, 6.07) is 17.3. The average Bonchev–Trinajstić information content (AvgIpc) is 2.82. The molecule has 0 atom stereocenters. The summed E-state index contributed by atoms with van der Waals surface area (Å²) < 4.78 is 1.63. The standard InChI is InChI=1S/C15H12N2O/c18-15(12-6-2-1-3-7-12)11-17-10-13-8-4-5-9-14(13)16-17/h1-11,18H. The van der Waals surface area contributed by atoms with E-state index >= 15 is 0 Å². The number of benzene rings is 2. The molecule has 18 heavy (non-hydrogen) atoms. The highest BCUT2D eigenvalue weighted by Crippen LogP contribution is 2.15. The van der Waals surface area contributed by atoms with E-state index in [4.69, 9.17) is 0 Å². The highest BCUT2D eigenvalue weighted by Gasteiger charge is 2.00. The molecule has 0 radical (unpaired) electrons. The molecule has 3 heteroatoms. The van der Waals surface area contributed by atoms with Crippen LogP contribution in [0.1, 0.15) is 5.56 Å². The van der Waals surface area contributed by atoms with E-state index in [1.165, 1.54) is 0 Å². The van der Waals surface area contributed by atoms with Gasteiger partial charge in [0.25, 0.3) is 0 Å². The molecule has 0 aliphatic heterocycles. The summed E-state index contributed by atoms with van der Waals surface area (Å²) in [6.07, 6.45) is 3.49. The maximum atomic E-state index is 10.00. The van der Waals surface area contributed by atoms with Crippen LogP contribution in [0.5, 0.6) is 0 Å². The number of aliphatic hydroxyl groups excluding tert-OH is 1. The summed E-state index contributed by atoms with van der Waals surface area (Å²) >= 11 is 0. The third-order valence-corrected chi connectivity index (χ3v) is 2.76. The van der Waals surface area contributed by atoms with Crippen LogP contribution < -0.4 is 0 Å². The van der Waals surface area contributed by atoms with Gasteiger partial charge in [-0.15, -0.1) is 0 Å². The number of nitrogens with zero attached hydrogens (tertiary/aromatic N) is 2. The van der Waals surface area contributed by atoms with Gasteiger partial charge >= 0.3 is 0 Å². The lowest BCUT2D eigenvalue weighted by Crippen LogP contribution is -1.90. The zero-order valence-corrected chi connectivity index (χ0v) is 9.69. The molecular formula is C15H12N2O. The molecule has 88 valence electrons. The summed E-state index contributed by atoms with van der Waals surface area (Å²) in [7, 11) is 0. The van der Waals surface area contributed by atoms with Crippen LogP contribution in [0.25, 0.3) is 22.9 Å². The van der Waals surface area contributed by atoms with E-state index in [0.29, 0.717) is 0 Å². The fourth-order valence-corrected chi connectivity index (χ4v) is 1.86. The van der Waals surface area contributed by atoms with Gasteiger partial charge in [0.1, 0.15) is 5.76 Å². The SMILES string of the molecule is OC(=Cn1cc2ccccc2n1)c1ccccc1. The Bertz CT molecular complexity index is 666. The molecule has 0 bridgehead atoms. The molecular weight excluding hydrogens is 224 g/mol. The predicted octanol–water partition coefficient (Wildman–Crippen LogP) is 3.55. The van der Waals surface area contributed by atoms with E-state index < -0.39 is 0 Å². The van der Waals surface area contributed by atoms with Gasteiger partial charge in [-0.1, -0.05) is 48.5 Å². The van der Waals surface area contributed by atoms with Crippen LogP contribution in [0.4, 0.5) is 0 Å². The highest BCUT2D eigenvalue weighted by molar-refractivity contribution is 5.79. The Hall–Kier alpha value is -2.55. The van der Waals surface area contributed by atoms with Crippen molar-refractivity contribution in [2.24, 2.45) is 0 Å². The van der Waals surface area contributed by atoms with Crippen molar-refractivity contribution < 1.29 is 5.11 Å². The van der Waals surface area contributed by atoms with Gasteiger partial charge in [0.05, 0.1) is 11.7 Å². The van der Waals surface area contributed by atoms with E-state index in [2.05, 4.69) is 5.10 Å². The molecule has 0 fully saturated rings. The monoisotopic (exact) mass is 236 g/mol. The lowest BCUT2D eigenvalue weighted by atomic mass is 10.2. The lowest BCUT2D eigenvalue weighted by molar-refractivity contribution is 0.513. The molecule has 3 rings (SSSR count). The third-order valence-electron chi connectivity index (χ3n) is 2.76. The first-order valence-electron chi connectivity index (χ1n) is 5.73. The van der Waals surface area contributed by atoms with Gasteiger partial charge in [0, 0.05) is 17.1 Å². The number of aliphatic hydroxyl groups is 1. The van der Waals surface area contributed by atoms with Crippen molar-refractivity contribution in [3.05, 3.63) is 66.4 Å². The Morgan fingerprint density at radius 2 is 1.72 bits per heavy atom. The van der Waals surface area contributed by atoms with E-state index in [0.717, 1.165) is 16.5 Å². The number of hydrogen-bond donors (Lipinski definition) is 1. The van der Waals surface area contributed by atoms with Crippen molar-refractivity contribution in [1.29, 1.82) is 0 Å². The van der Waals surface area contributed by atoms with E-state index in [-0.39, 0.29) is 5.76 Å². The molecule has 3 aromatic rings. The lowest BCUT2D eigenvalue weighted by Gasteiger charge is -1.99. The smallest absolute Gasteiger partial charge is 0.141 e. The Kier molecular flexibility index (Phi) is 2.57. The number of fused-ring (bicyclic) bond motifs is 1. The number of hydrogen-bond acceptors (Lipinski definition) is 2. The quantitative estimate of drug-likeness (QED) is 0.691. The first kappa shape index (κ1) is 10.6. The van der Waals surface area contributed by atoms with Crippen LogP contribution in [0, 0.1) is 0 Å². The minimum atomic E-state index is 0.198. The summed E-state index contributed by atoms with van der Waals surface area (Å²) in [5, 5.41) is 15.4. The molecule has 0 saturated carbocycles. The van der Waals surface area contributed by atoms with Crippen molar-refractivity contribution in [2.75, 3.05) is 0 Å². The van der Waals surface area contributed by atoms with Crippen LogP contribution in [0.15, 0.2) is 60.8 Å². The second kappa shape index (κ2) is 4.37. The summed E-state index contributed by atoms with van der Waals surface area (Å²) in [4.78, 5) is 0. The molecule has 2 aromatic carbocycles. The van der Waals surface area contributed by atoms with Crippen molar-refractivity contribution >= 4 is 22.9 Å². The Balaban J connectivity index is 2.00. The maximum Gasteiger partial charge on any atom is 0.141 e. The summed E-state index contributed by atoms with van der Waals surface area (Å²) in [5.41, 5.74) is 1.69. The van der Waals surface area contributed by atoms with Gasteiger partial charge in [-0.25, -0.2) is 4.68 Å². The normalized spacial score (nSPS) is 11.9. The number of aromatic nitrogens is 2. The van der Waals surface area contributed by atoms with Gasteiger partial charge in [-0.3, -0.25) is 0 Å². The van der Waals surface area contributed by atoms with E-state index in [9.17, 15) is 5.11 Å². The number of rotatable bonds is 2. The van der Waals surface area contributed by atoms with E-state index in [1.807, 2.05) is 60.8 Å². The molecule has 0 unspecified atom stereocenters. The fraction of sp³-hybridized carbons (Fsp3) is 0. The first-order valence-corrected chi connectivity index (χ1v) is 5.73. The van der Waals surface area contributed by atoms with Crippen molar-refractivity contribution in [3.8, 4) is 0 Å². The highest BCUT2D eigenvalue weighted by atomic mass is 16.3. The van der Waals surface area contributed by atoms with E-state index in [1.54, 1.807) is 10.9 Å². The second-order valence-electron chi connectivity index (χ2n) is 4.05. The molecule has 0 saturated heterocycles. The third kappa shape index (κ3) is 1.98. The van der Waals surface area contributed by atoms with Crippen molar-refractivity contribution in [3.63, 3.8) is 0 Å². The van der Waals surface area contributed by atoms with Gasteiger partial charge in [-0.2, -0.15) is 5.10 Å². The molecule has 0 aliphatic carbocycles. The van der Waals surface area contributed by atoms with Crippen LogP contribution in [0.3, 0.4) is 0 Å². The molecule has 0 amide bonds. The minimum Gasteiger partial charge on any atom is -0.506 e. The van der Waals surface area contributed by atoms with Crippen LogP contribution >= 0.6 is 0 Å². The van der Waals surface area contributed by atoms with Crippen molar-refractivity contribution in [1.82, 2.24) is 9.78 Å². The molecule has 1 N–H and O–H groups in total. The molecule has 0 aliphatic rings. The molecule has 1 aromatic heterocycles. The average molecular weight is 236 g/mol. The molecule has 3 nitrogen and oxygen atoms in total. The zero-order chi connectivity index (χ0) is 12.4.